The molecule has 0 aromatic heterocycles. The third-order valence-corrected chi connectivity index (χ3v) is 4.56. The molecule has 2 aliphatic rings. The van der Waals surface area contributed by atoms with Crippen molar-refractivity contribution in [3.63, 3.8) is 0 Å². The van der Waals surface area contributed by atoms with Crippen LogP contribution in [0.2, 0.25) is 0 Å². The van der Waals surface area contributed by atoms with Crippen LogP contribution < -0.4 is 10.2 Å². The molecule has 2 amide bonds. The summed E-state index contributed by atoms with van der Waals surface area (Å²) < 4.78 is 0. The highest BCUT2D eigenvalue weighted by molar-refractivity contribution is 5.95. The van der Waals surface area contributed by atoms with E-state index in [0.717, 1.165) is 18.5 Å². The summed E-state index contributed by atoms with van der Waals surface area (Å²) in [6, 6.07) is 9.74. The van der Waals surface area contributed by atoms with E-state index in [2.05, 4.69) is 5.32 Å². The molecule has 4 nitrogen and oxygen atoms in total. The summed E-state index contributed by atoms with van der Waals surface area (Å²) in [5.74, 6) is 0.759. The second-order valence-electron chi connectivity index (χ2n) is 6.14. The number of carbonyl (C=O) groups is 2. The zero-order valence-electron chi connectivity index (χ0n) is 12.3. The van der Waals surface area contributed by atoms with Crippen LogP contribution in [0.5, 0.6) is 0 Å². The Labute approximate surface area is 125 Å². The Kier molecular flexibility index (Phi) is 4.23. The summed E-state index contributed by atoms with van der Waals surface area (Å²) in [5.41, 5.74) is 0.951. The van der Waals surface area contributed by atoms with Crippen molar-refractivity contribution in [1.82, 2.24) is 5.32 Å². The van der Waals surface area contributed by atoms with Crippen LogP contribution in [0, 0.1) is 11.8 Å². The number of hydrogen-bond acceptors (Lipinski definition) is 2. The van der Waals surface area contributed by atoms with Gasteiger partial charge in [-0.2, -0.15) is 0 Å². The van der Waals surface area contributed by atoms with Crippen LogP contribution in [-0.2, 0) is 9.59 Å². The summed E-state index contributed by atoms with van der Waals surface area (Å²) in [4.78, 5) is 26.0. The van der Waals surface area contributed by atoms with Crippen LogP contribution in [0.1, 0.15) is 32.1 Å². The predicted molar refractivity (Wildman–Crippen MR) is 81.9 cm³/mol. The summed E-state index contributed by atoms with van der Waals surface area (Å²) in [7, 11) is 0. The fourth-order valence-electron chi connectivity index (χ4n) is 3.35. The number of amides is 2. The van der Waals surface area contributed by atoms with E-state index in [9.17, 15) is 9.59 Å². The predicted octanol–water partition coefficient (Wildman–Crippen LogP) is 2.35. The van der Waals surface area contributed by atoms with Crippen molar-refractivity contribution in [3.8, 4) is 0 Å². The first kappa shape index (κ1) is 14.1. The fraction of sp³-hybridized carbons (Fsp3) is 0.529. The van der Waals surface area contributed by atoms with E-state index < -0.39 is 0 Å². The number of nitrogens with zero attached hydrogens (tertiary/aromatic N) is 1. The number of rotatable bonds is 4. The molecule has 3 rings (SSSR count). The van der Waals surface area contributed by atoms with Gasteiger partial charge >= 0.3 is 0 Å². The Morgan fingerprint density at radius 3 is 2.62 bits per heavy atom. The molecule has 0 spiro atoms. The van der Waals surface area contributed by atoms with E-state index in [-0.39, 0.29) is 23.7 Å². The van der Waals surface area contributed by atoms with Gasteiger partial charge in [-0.1, -0.05) is 31.0 Å². The van der Waals surface area contributed by atoms with Gasteiger partial charge in [-0.25, -0.2) is 0 Å². The molecule has 1 aromatic rings. The lowest BCUT2D eigenvalue weighted by Gasteiger charge is -2.17. The van der Waals surface area contributed by atoms with Crippen LogP contribution in [0.25, 0.3) is 0 Å². The zero-order chi connectivity index (χ0) is 14.7. The number of nitrogens with one attached hydrogen (secondary N) is 1. The average molecular weight is 286 g/mol. The topological polar surface area (TPSA) is 49.4 Å². The highest BCUT2D eigenvalue weighted by Gasteiger charge is 2.31. The standard InChI is InChI=1S/C17H22N2O2/c20-16-10-13(11-18-17(21)14-6-4-5-7-14)12-19(16)15-8-2-1-3-9-15/h1-3,8-9,13-14H,4-7,10-12H2,(H,18,21)/t13-/m0/s1. The van der Waals surface area contributed by atoms with E-state index in [1.54, 1.807) is 0 Å². The smallest absolute Gasteiger partial charge is 0.227 e. The minimum atomic E-state index is 0.154. The van der Waals surface area contributed by atoms with Crippen LogP contribution >= 0.6 is 0 Å². The lowest BCUT2D eigenvalue weighted by Crippen LogP contribution is -2.34. The van der Waals surface area contributed by atoms with Crippen molar-refractivity contribution in [2.75, 3.05) is 18.0 Å². The maximum Gasteiger partial charge on any atom is 0.227 e. The van der Waals surface area contributed by atoms with Crippen LogP contribution in [0.4, 0.5) is 5.69 Å². The van der Waals surface area contributed by atoms with Gasteiger partial charge in [0, 0.05) is 37.0 Å². The zero-order valence-corrected chi connectivity index (χ0v) is 12.3. The number of para-hydroxylation sites is 1. The molecule has 1 atom stereocenters. The van der Waals surface area contributed by atoms with Gasteiger partial charge in [0.15, 0.2) is 0 Å². The Morgan fingerprint density at radius 2 is 1.90 bits per heavy atom. The molecule has 0 unspecified atom stereocenters. The Balaban J connectivity index is 1.52. The maximum absolute atomic E-state index is 12.1. The van der Waals surface area contributed by atoms with E-state index >= 15 is 0 Å². The van der Waals surface area contributed by atoms with Crippen molar-refractivity contribution < 1.29 is 9.59 Å². The first-order valence-electron chi connectivity index (χ1n) is 7.87. The molecule has 1 heterocycles. The van der Waals surface area contributed by atoms with Gasteiger partial charge in [0.2, 0.25) is 11.8 Å². The largest absolute Gasteiger partial charge is 0.356 e. The first-order chi connectivity index (χ1) is 10.2. The van der Waals surface area contributed by atoms with Gasteiger partial charge in [0.05, 0.1) is 0 Å². The van der Waals surface area contributed by atoms with E-state index in [1.165, 1.54) is 12.8 Å². The fourth-order valence-corrected chi connectivity index (χ4v) is 3.35. The lowest BCUT2D eigenvalue weighted by molar-refractivity contribution is -0.125. The third-order valence-electron chi connectivity index (χ3n) is 4.56. The number of anilines is 1. The first-order valence-corrected chi connectivity index (χ1v) is 7.87. The number of hydrogen-bond donors (Lipinski definition) is 1. The Morgan fingerprint density at radius 1 is 1.19 bits per heavy atom. The highest BCUT2D eigenvalue weighted by Crippen LogP contribution is 2.26. The van der Waals surface area contributed by atoms with Gasteiger partial charge in [0.1, 0.15) is 0 Å². The van der Waals surface area contributed by atoms with Gasteiger partial charge in [-0.15, -0.1) is 0 Å². The molecule has 112 valence electrons. The molecule has 0 bridgehead atoms. The SMILES string of the molecule is O=C(NC[C@@H]1CC(=O)N(c2ccccc2)C1)C1CCCC1. The average Bonchev–Trinajstić information content (AvgIpc) is 3.15. The van der Waals surface area contributed by atoms with Crippen molar-refractivity contribution in [2.24, 2.45) is 11.8 Å². The van der Waals surface area contributed by atoms with E-state index in [4.69, 9.17) is 0 Å². The number of carbonyl (C=O) groups excluding carboxylic acids is 2. The number of benzene rings is 1. The Bertz CT molecular complexity index is 509. The second kappa shape index (κ2) is 6.29. The maximum atomic E-state index is 12.1. The molecular weight excluding hydrogens is 264 g/mol. The van der Waals surface area contributed by atoms with Crippen LogP contribution in [0.3, 0.4) is 0 Å². The van der Waals surface area contributed by atoms with Crippen LogP contribution in [0.15, 0.2) is 30.3 Å². The third kappa shape index (κ3) is 3.26. The summed E-state index contributed by atoms with van der Waals surface area (Å²) in [6.07, 6.45) is 4.90. The van der Waals surface area contributed by atoms with Crippen LogP contribution in [-0.4, -0.2) is 24.9 Å². The molecule has 0 radical (unpaired) electrons. The van der Waals surface area contributed by atoms with Gasteiger partial charge < -0.3 is 10.2 Å². The molecular formula is C17H22N2O2. The second-order valence-corrected chi connectivity index (χ2v) is 6.14. The summed E-state index contributed by atoms with van der Waals surface area (Å²) >= 11 is 0. The van der Waals surface area contributed by atoms with Crippen molar-refractivity contribution in [3.05, 3.63) is 30.3 Å². The molecule has 1 aliphatic heterocycles. The molecule has 1 saturated carbocycles. The molecule has 1 saturated heterocycles. The molecule has 1 N–H and O–H groups in total. The molecule has 1 aromatic carbocycles. The lowest BCUT2D eigenvalue weighted by atomic mass is 10.1. The summed E-state index contributed by atoms with van der Waals surface area (Å²) in [5, 5.41) is 3.04. The Hall–Kier alpha value is -1.84. The van der Waals surface area contributed by atoms with Gasteiger partial charge in [-0.05, 0) is 25.0 Å². The van der Waals surface area contributed by atoms with Gasteiger partial charge in [0.25, 0.3) is 0 Å². The monoisotopic (exact) mass is 286 g/mol. The minimum Gasteiger partial charge on any atom is -0.356 e. The molecule has 21 heavy (non-hydrogen) atoms. The normalized spacial score (nSPS) is 22.8. The quantitative estimate of drug-likeness (QED) is 0.923. The summed E-state index contributed by atoms with van der Waals surface area (Å²) in [6.45, 7) is 1.32. The molecule has 1 aliphatic carbocycles. The van der Waals surface area contributed by atoms with Crippen molar-refractivity contribution >= 4 is 17.5 Å². The van der Waals surface area contributed by atoms with E-state index in [1.807, 2.05) is 35.2 Å². The molecule has 2 fully saturated rings. The minimum absolute atomic E-state index is 0.154. The van der Waals surface area contributed by atoms with E-state index in [0.29, 0.717) is 19.5 Å². The van der Waals surface area contributed by atoms with Crippen molar-refractivity contribution in [2.45, 2.75) is 32.1 Å². The van der Waals surface area contributed by atoms with Gasteiger partial charge in [-0.3, -0.25) is 9.59 Å². The highest BCUT2D eigenvalue weighted by atomic mass is 16.2. The van der Waals surface area contributed by atoms with Crippen molar-refractivity contribution in [1.29, 1.82) is 0 Å². The molecule has 4 heteroatoms.